The summed E-state index contributed by atoms with van der Waals surface area (Å²) in [7, 11) is 3.30. The van der Waals surface area contributed by atoms with E-state index in [4.69, 9.17) is 9.47 Å². The highest BCUT2D eigenvalue weighted by molar-refractivity contribution is 5.77. The van der Waals surface area contributed by atoms with Crippen molar-refractivity contribution >= 4 is 5.91 Å². The van der Waals surface area contributed by atoms with Crippen LogP contribution in [0.25, 0.3) is 0 Å². The highest BCUT2D eigenvalue weighted by Crippen LogP contribution is 2.28. The van der Waals surface area contributed by atoms with E-state index in [0.717, 1.165) is 68.6 Å². The van der Waals surface area contributed by atoms with E-state index in [9.17, 15) is 4.79 Å². The summed E-state index contributed by atoms with van der Waals surface area (Å²) in [6, 6.07) is 8.13. The number of carbonyl (C=O) groups is 1. The minimum atomic E-state index is 0.0988. The highest BCUT2D eigenvalue weighted by Gasteiger charge is 2.19. The Morgan fingerprint density at radius 2 is 1.74 bits per heavy atom. The Labute approximate surface area is 185 Å². The first kappa shape index (κ1) is 23.1. The van der Waals surface area contributed by atoms with Crippen LogP contribution in [0.15, 0.2) is 24.3 Å². The van der Waals surface area contributed by atoms with Gasteiger partial charge in [0.25, 0.3) is 0 Å². The van der Waals surface area contributed by atoms with Gasteiger partial charge in [0.1, 0.15) is 0 Å². The molecule has 3 rings (SSSR count). The molecule has 31 heavy (non-hydrogen) atoms. The van der Waals surface area contributed by atoms with Crippen LogP contribution in [0.2, 0.25) is 0 Å². The molecule has 0 spiro atoms. The van der Waals surface area contributed by atoms with Crippen LogP contribution in [0, 0.1) is 13.8 Å². The molecule has 0 aliphatic carbocycles. The van der Waals surface area contributed by atoms with Crippen LogP contribution in [-0.2, 0) is 17.9 Å². The van der Waals surface area contributed by atoms with Crippen molar-refractivity contribution in [2.24, 2.45) is 0 Å². The lowest BCUT2D eigenvalue weighted by Crippen LogP contribution is -2.49. The number of hydrogen-bond donors (Lipinski definition) is 1. The van der Waals surface area contributed by atoms with E-state index < -0.39 is 0 Å². The summed E-state index contributed by atoms with van der Waals surface area (Å²) >= 11 is 0. The average molecular weight is 430 g/mol. The number of piperazine rings is 1. The Kier molecular flexibility index (Phi) is 8.31. The molecule has 170 valence electrons. The van der Waals surface area contributed by atoms with E-state index in [0.29, 0.717) is 13.1 Å². The Bertz CT molecular complexity index is 859. The van der Waals surface area contributed by atoms with Crippen LogP contribution < -0.4 is 14.8 Å². The molecule has 0 radical (unpaired) electrons. The van der Waals surface area contributed by atoms with Gasteiger partial charge < -0.3 is 14.8 Å². The minimum absolute atomic E-state index is 0.0988. The number of ether oxygens (including phenoxy) is 2. The van der Waals surface area contributed by atoms with Crippen molar-refractivity contribution in [1.29, 1.82) is 0 Å². The van der Waals surface area contributed by atoms with Gasteiger partial charge in [0.05, 0.1) is 26.5 Å². The summed E-state index contributed by atoms with van der Waals surface area (Å²) in [6.07, 6.45) is 0.882. The Morgan fingerprint density at radius 3 is 2.39 bits per heavy atom. The summed E-state index contributed by atoms with van der Waals surface area (Å²) in [5.74, 6) is 1.60. The number of methoxy groups -OCH3 is 2. The molecule has 1 aromatic heterocycles. The van der Waals surface area contributed by atoms with Gasteiger partial charge in [-0.2, -0.15) is 5.10 Å². The summed E-state index contributed by atoms with van der Waals surface area (Å²) in [5.41, 5.74) is 3.40. The molecule has 1 saturated heterocycles. The third kappa shape index (κ3) is 6.70. The van der Waals surface area contributed by atoms with Gasteiger partial charge in [-0.15, -0.1) is 0 Å². The molecule has 1 amide bonds. The predicted molar refractivity (Wildman–Crippen MR) is 121 cm³/mol. The molecule has 2 aromatic rings. The summed E-state index contributed by atoms with van der Waals surface area (Å²) in [6.45, 7) is 10.6. The first-order valence-electron chi connectivity index (χ1n) is 10.9. The number of nitrogens with one attached hydrogen (secondary N) is 1. The molecule has 1 aliphatic heterocycles. The molecule has 1 aromatic carbocycles. The third-order valence-electron chi connectivity index (χ3n) is 5.66. The molecule has 1 aliphatic rings. The number of aromatic nitrogens is 2. The fourth-order valence-corrected chi connectivity index (χ4v) is 3.96. The number of amides is 1. The molecule has 0 unspecified atom stereocenters. The quantitative estimate of drug-likeness (QED) is 0.581. The lowest BCUT2D eigenvalue weighted by Gasteiger charge is -2.34. The number of aryl methyl sites for hydroxylation is 3. The third-order valence-corrected chi connectivity index (χ3v) is 5.66. The monoisotopic (exact) mass is 429 g/mol. The molecule has 0 saturated carbocycles. The molecule has 2 heterocycles. The van der Waals surface area contributed by atoms with E-state index in [2.05, 4.69) is 39.3 Å². The molecule has 8 nitrogen and oxygen atoms in total. The van der Waals surface area contributed by atoms with E-state index in [1.54, 1.807) is 14.2 Å². The smallest absolute Gasteiger partial charge is 0.234 e. The fourth-order valence-electron chi connectivity index (χ4n) is 3.96. The first-order valence-corrected chi connectivity index (χ1v) is 10.9. The lowest BCUT2D eigenvalue weighted by atomic mass is 10.1. The maximum Gasteiger partial charge on any atom is 0.234 e. The van der Waals surface area contributed by atoms with E-state index >= 15 is 0 Å². The largest absolute Gasteiger partial charge is 0.493 e. The molecular formula is C23H35N5O3. The highest BCUT2D eigenvalue weighted by atomic mass is 16.5. The van der Waals surface area contributed by atoms with Gasteiger partial charge in [0.2, 0.25) is 5.91 Å². The zero-order valence-electron chi connectivity index (χ0n) is 19.2. The maximum atomic E-state index is 12.3. The second-order valence-electron chi connectivity index (χ2n) is 8.10. The lowest BCUT2D eigenvalue weighted by molar-refractivity contribution is -0.122. The summed E-state index contributed by atoms with van der Waals surface area (Å²) in [5, 5.41) is 7.49. The standard InChI is InChI=1S/C23H35N5O3/c1-18-14-19(2)28(25-18)9-5-8-24-23(29)17-27-12-10-26(11-13-27)16-20-6-7-21(30-3)22(15-20)31-4/h6-7,14-15H,5,8-13,16-17H2,1-4H3,(H,24,29). The summed E-state index contributed by atoms with van der Waals surface area (Å²) in [4.78, 5) is 16.9. The summed E-state index contributed by atoms with van der Waals surface area (Å²) < 4.78 is 12.7. The fraction of sp³-hybridized carbons (Fsp3) is 0.565. The Balaban J connectivity index is 1.34. The van der Waals surface area contributed by atoms with Gasteiger partial charge in [-0.25, -0.2) is 0 Å². The molecule has 1 fully saturated rings. The Morgan fingerprint density at radius 1 is 1.03 bits per heavy atom. The van der Waals surface area contributed by atoms with Crippen molar-refractivity contribution in [3.05, 3.63) is 41.2 Å². The Hall–Kier alpha value is -2.58. The van der Waals surface area contributed by atoms with Crippen LogP contribution in [0.1, 0.15) is 23.4 Å². The van der Waals surface area contributed by atoms with Crippen LogP contribution in [0.4, 0.5) is 0 Å². The van der Waals surface area contributed by atoms with E-state index in [1.165, 1.54) is 5.56 Å². The average Bonchev–Trinajstić information content (AvgIpc) is 3.09. The van der Waals surface area contributed by atoms with Gasteiger partial charge >= 0.3 is 0 Å². The topological polar surface area (TPSA) is 71.9 Å². The van der Waals surface area contributed by atoms with Gasteiger partial charge in [-0.1, -0.05) is 6.07 Å². The van der Waals surface area contributed by atoms with Crippen molar-refractivity contribution in [2.45, 2.75) is 33.4 Å². The number of benzene rings is 1. The SMILES string of the molecule is COc1ccc(CN2CCN(CC(=O)NCCCn3nc(C)cc3C)CC2)cc1OC. The van der Waals surface area contributed by atoms with Crippen LogP contribution in [0.3, 0.4) is 0 Å². The number of hydrogen-bond acceptors (Lipinski definition) is 6. The maximum absolute atomic E-state index is 12.3. The molecular weight excluding hydrogens is 394 g/mol. The normalized spacial score (nSPS) is 15.1. The molecule has 8 heteroatoms. The van der Waals surface area contributed by atoms with Gasteiger partial charge in [0.15, 0.2) is 11.5 Å². The number of nitrogens with zero attached hydrogens (tertiary/aromatic N) is 4. The van der Waals surface area contributed by atoms with Crippen LogP contribution in [0.5, 0.6) is 11.5 Å². The van der Waals surface area contributed by atoms with Crippen LogP contribution >= 0.6 is 0 Å². The van der Waals surface area contributed by atoms with Crippen LogP contribution in [-0.4, -0.2) is 79.0 Å². The molecule has 0 bridgehead atoms. The van der Waals surface area contributed by atoms with Gasteiger partial charge in [-0.3, -0.25) is 19.3 Å². The second kappa shape index (κ2) is 11.2. The van der Waals surface area contributed by atoms with Gasteiger partial charge in [0, 0.05) is 51.5 Å². The van der Waals surface area contributed by atoms with Gasteiger partial charge in [-0.05, 0) is 44.0 Å². The minimum Gasteiger partial charge on any atom is -0.493 e. The molecule has 1 N–H and O–H groups in total. The van der Waals surface area contributed by atoms with Crippen molar-refractivity contribution in [3.63, 3.8) is 0 Å². The molecule has 0 atom stereocenters. The van der Waals surface area contributed by atoms with Crippen molar-refractivity contribution in [3.8, 4) is 11.5 Å². The number of rotatable bonds is 10. The van der Waals surface area contributed by atoms with Crippen molar-refractivity contribution in [1.82, 2.24) is 24.9 Å². The van der Waals surface area contributed by atoms with E-state index in [-0.39, 0.29) is 5.91 Å². The second-order valence-corrected chi connectivity index (χ2v) is 8.10. The predicted octanol–water partition coefficient (Wildman–Crippen LogP) is 1.84. The van der Waals surface area contributed by atoms with Crippen molar-refractivity contribution in [2.75, 3.05) is 53.5 Å². The zero-order valence-corrected chi connectivity index (χ0v) is 19.2. The number of carbonyl (C=O) groups excluding carboxylic acids is 1. The van der Waals surface area contributed by atoms with Crippen molar-refractivity contribution < 1.29 is 14.3 Å². The zero-order chi connectivity index (χ0) is 22.2. The first-order chi connectivity index (χ1) is 15.0. The van der Waals surface area contributed by atoms with E-state index in [1.807, 2.05) is 23.7 Å².